The number of methoxy groups -OCH3 is 2. The first-order valence-electron chi connectivity index (χ1n) is 8.10. The molecule has 0 saturated heterocycles. The maximum atomic E-state index is 12.9. The average Bonchev–Trinajstić information content (AvgIpc) is 3.09. The molecule has 0 bridgehead atoms. The van der Waals surface area contributed by atoms with Crippen molar-refractivity contribution >= 4 is 11.6 Å². The van der Waals surface area contributed by atoms with Crippen molar-refractivity contribution in [3.05, 3.63) is 64.5 Å². The standard InChI is InChI=1S/C19H15N3O5/c1-26-11-6-10(7-12(8-11)27-2)9-22-17-16(20-21-22)19(25)15-13(18(17)24)4-3-5-14(15)23/h3-8,23H,9H2,1-2H3. The second-order valence-corrected chi connectivity index (χ2v) is 6.02. The molecule has 27 heavy (non-hydrogen) atoms. The maximum absolute atomic E-state index is 12.9. The van der Waals surface area contributed by atoms with Crippen molar-refractivity contribution in [2.24, 2.45) is 0 Å². The number of phenolic OH excluding ortho intramolecular Hbond substituents is 1. The highest BCUT2D eigenvalue weighted by Crippen LogP contribution is 2.32. The molecule has 1 aromatic heterocycles. The number of aromatic nitrogens is 3. The van der Waals surface area contributed by atoms with Gasteiger partial charge in [0, 0.05) is 11.6 Å². The number of fused-ring (bicyclic) bond motifs is 2. The van der Waals surface area contributed by atoms with Crippen LogP contribution in [-0.2, 0) is 6.54 Å². The molecule has 0 radical (unpaired) electrons. The van der Waals surface area contributed by atoms with E-state index in [0.29, 0.717) is 11.5 Å². The van der Waals surface area contributed by atoms with Crippen LogP contribution in [0.2, 0.25) is 0 Å². The van der Waals surface area contributed by atoms with Crippen LogP contribution in [0.25, 0.3) is 0 Å². The topological polar surface area (TPSA) is 104 Å². The highest BCUT2D eigenvalue weighted by Gasteiger charge is 2.36. The summed E-state index contributed by atoms with van der Waals surface area (Å²) >= 11 is 0. The molecule has 2 aromatic carbocycles. The van der Waals surface area contributed by atoms with Gasteiger partial charge < -0.3 is 14.6 Å². The van der Waals surface area contributed by atoms with Gasteiger partial charge in [-0.15, -0.1) is 5.10 Å². The van der Waals surface area contributed by atoms with Crippen molar-refractivity contribution in [3.8, 4) is 17.2 Å². The molecule has 1 N–H and O–H groups in total. The largest absolute Gasteiger partial charge is 0.507 e. The van der Waals surface area contributed by atoms with Gasteiger partial charge in [-0.1, -0.05) is 11.3 Å². The normalized spacial score (nSPS) is 12.5. The van der Waals surface area contributed by atoms with Gasteiger partial charge in [0.15, 0.2) is 5.69 Å². The monoisotopic (exact) mass is 365 g/mol. The quantitative estimate of drug-likeness (QED) is 0.588. The number of carbonyl (C=O) groups excluding carboxylic acids is 2. The third-order valence-electron chi connectivity index (χ3n) is 4.42. The number of ketones is 2. The Hall–Kier alpha value is -3.68. The van der Waals surface area contributed by atoms with Gasteiger partial charge in [0.05, 0.1) is 26.3 Å². The molecule has 0 amide bonds. The predicted octanol–water partition coefficient (Wildman–Crippen LogP) is 1.82. The summed E-state index contributed by atoms with van der Waals surface area (Å²) in [7, 11) is 3.09. The Labute approximate surface area is 154 Å². The molecule has 8 nitrogen and oxygen atoms in total. The van der Waals surface area contributed by atoms with Crippen LogP contribution >= 0.6 is 0 Å². The number of hydrogen-bond donors (Lipinski definition) is 1. The third kappa shape index (κ3) is 2.62. The number of rotatable bonds is 4. The zero-order valence-electron chi connectivity index (χ0n) is 14.6. The van der Waals surface area contributed by atoms with E-state index in [9.17, 15) is 14.7 Å². The highest BCUT2D eigenvalue weighted by molar-refractivity contribution is 6.27. The first-order chi connectivity index (χ1) is 13.0. The lowest BCUT2D eigenvalue weighted by Gasteiger charge is -2.16. The Bertz CT molecular complexity index is 1060. The zero-order valence-corrected chi connectivity index (χ0v) is 14.6. The Morgan fingerprint density at radius 1 is 1.04 bits per heavy atom. The number of aromatic hydroxyl groups is 1. The van der Waals surface area contributed by atoms with Crippen LogP contribution < -0.4 is 9.47 Å². The number of phenols is 1. The molecular formula is C19H15N3O5. The smallest absolute Gasteiger partial charge is 0.220 e. The van der Waals surface area contributed by atoms with Crippen LogP contribution in [0.3, 0.4) is 0 Å². The van der Waals surface area contributed by atoms with Crippen LogP contribution in [0.1, 0.15) is 37.7 Å². The molecule has 0 atom stereocenters. The van der Waals surface area contributed by atoms with Crippen LogP contribution in [0.15, 0.2) is 36.4 Å². The number of ether oxygens (including phenoxy) is 2. The van der Waals surface area contributed by atoms with Gasteiger partial charge in [0.1, 0.15) is 22.9 Å². The summed E-state index contributed by atoms with van der Waals surface area (Å²) in [4.78, 5) is 25.6. The fourth-order valence-corrected chi connectivity index (χ4v) is 3.15. The lowest BCUT2D eigenvalue weighted by Crippen LogP contribution is -2.23. The van der Waals surface area contributed by atoms with E-state index >= 15 is 0 Å². The molecule has 136 valence electrons. The molecule has 1 aliphatic rings. The zero-order chi connectivity index (χ0) is 19.1. The number of hydrogen-bond acceptors (Lipinski definition) is 7. The minimum Gasteiger partial charge on any atom is -0.507 e. The van der Waals surface area contributed by atoms with Gasteiger partial charge in [0.2, 0.25) is 11.6 Å². The summed E-state index contributed by atoms with van der Waals surface area (Å²) < 4.78 is 11.9. The molecule has 4 rings (SSSR count). The minimum absolute atomic E-state index is 0.0369. The van der Waals surface area contributed by atoms with Crippen molar-refractivity contribution in [3.63, 3.8) is 0 Å². The molecule has 0 aliphatic heterocycles. The molecule has 0 fully saturated rings. The predicted molar refractivity (Wildman–Crippen MR) is 93.6 cm³/mol. The molecule has 0 unspecified atom stereocenters. The lowest BCUT2D eigenvalue weighted by atomic mass is 9.89. The first-order valence-corrected chi connectivity index (χ1v) is 8.10. The lowest BCUT2D eigenvalue weighted by molar-refractivity contribution is 0.0968. The Balaban J connectivity index is 1.78. The fourth-order valence-electron chi connectivity index (χ4n) is 3.15. The Morgan fingerprint density at radius 2 is 1.74 bits per heavy atom. The van der Waals surface area contributed by atoms with E-state index in [1.54, 1.807) is 32.4 Å². The average molecular weight is 365 g/mol. The van der Waals surface area contributed by atoms with Crippen molar-refractivity contribution in [2.45, 2.75) is 6.54 Å². The molecule has 1 heterocycles. The molecule has 0 saturated carbocycles. The van der Waals surface area contributed by atoms with Gasteiger partial charge in [-0.2, -0.15) is 0 Å². The van der Waals surface area contributed by atoms with E-state index in [4.69, 9.17) is 9.47 Å². The van der Waals surface area contributed by atoms with Crippen LogP contribution in [-0.4, -0.2) is 45.9 Å². The van der Waals surface area contributed by atoms with E-state index in [2.05, 4.69) is 10.3 Å². The van der Waals surface area contributed by atoms with Gasteiger partial charge >= 0.3 is 0 Å². The van der Waals surface area contributed by atoms with Crippen molar-refractivity contribution in [2.75, 3.05) is 14.2 Å². The molecule has 0 spiro atoms. The molecule has 8 heteroatoms. The van der Waals surface area contributed by atoms with Crippen molar-refractivity contribution < 1.29 is 24.2 Å². The summed E-state index contributed by atoms with van der Waals surface area (Å²) in [6.45, 7) is 0.197. The summed E-state index contributed by atoms with van der Waals surface area (Å²) in [6.07, 6.45) is 0. The maximum Gasteiger partial charge on any atom is 0.220 e. The number of carbonyl (C=O) groups is 2. The van der Waals surface area contributed by atoms with E-state index < -0.39 is 11.6 Å². The summed E-state index contributed by atoms with van der Waals surface area (Å²) in [5, 5.41) is 17.8. The van der Waals surface area contributed by atoms with Gasteiger partial charge in [0.25, 0.3) is 0 Å². The minimum atomic E-state index is -0.521. The summed E-state index contributed by atoms with van der Waals surface area (Å²) in [5.74, 6) is 0.0122. The van der Waals surface area contributed by atoms with Crippen LogP contribution in [0.5, 0.6) is 17.2 Å². The first kappa shape index (κ1) is 16.8. The van der Waals surface area contributed by atoms with Gasteiger partial charge in [-0.25, -0.2) is 4.68 Å². The van der Waals surface area contributed by atoms with E-state index in [1.165, 1.54) is 22.9 Å². The fraction of sp³-hybridized carbons (Fsp3) is 0.158. The Kier molecular flexibility index (Phi) is 3.88. The van der Waals surface area contributed by atoms with Gasteiger partial charge in [-0.3, -0.25) is 9.59 Å². The molecule has 1 aliphatic carbocycles. The third-order valence-corrected chi connectivity index (χ3v) is 4.42. The second-order valence-electron chi connectivity index (χ2n) is 6.02. The second kappa shape index (κ2) is 6.24. The Morgan fingerprint density at radius 3 is 2.41 bits per heavy atom. The van der Waals surface area contributed by atoms with Gasteiger partial charge in [-0.05, 0) is 29.8 Å². The van der Waals surface area contributed by atoms with Crippen LogP contribution in [0, 0.1) is 0 Å². The summed E-state index contributed by atoms with van der Waals surface area (Å²) in [5.41, 5.74) is 0.897. The summed E-state index contributed by atoms with van der Waals surface area (Å²) in [6, 6.07) is 9.68. The SMILES string of the molecule is COc1cc(Cn2nnc3c2C(=O)c2cccc(O)c2C3=O)cc(OC)c1. The van der Waals surface area contributed by atoms with Crippen LogP contribution in [0.4, 0.5) is 0 Å². The van der Waals surface area contributed by atoms with E-state index in [1.807, 2.05) is 0 Å². The molecular weight excluding hydrogens is 350 g/mol. The number of nitrogens with zero attached hydrogens (tertiary/aromatic N) is 3. The van der Waals surface area contributed by atoms with E-state index in [0.717, 1.165) is 5.56 Å². The van der Waals surface area contributed by atoms with Crippen molar-refractivity contribution in [1.82, 2.24) is 15.0 Å². The van der Waals surface area contributed by atoms with Crippen molar-refractivity contribution in [1.29, 1.82) is 0 Å². The number of benzene rings is 2. The van der Waals surface area contributed by atoms with E-state index in [-0.39, 0.29) is 34.8 Å². The molecule has 3 aromatic rings. The highest BCUT2D eigenvalue weighted by atomic mass is 16.5.